The van der Waals surface area contributed by atoms with Crippen LogP contribution in [0.25, 0.3) is 6.08 Å². The fourth-order valence-corrected chi connectivity index (χ4v) is 1.42. The van der Waals surface area contributed by atoms with E-state index in [1.54, 1.807) is 6.08 Å². The fraction of sp³-hybridized carbons (Fsp3) is 0.333. The molecule has 102 valence electrons. The second-order valence-corrected chi connectivity index (χ2v) is 4.46. The Bertz CT molecular complexity index is 464. The molecule has 4 nitrogen and oxygen atoms in total. The summed E-state index contributed by atoms with van der Waals surface area (Å²) in [6.45, 7) is 2.26. The quantitative estimate of drug-likeness (QED) is 0.339. The van der Waals surface area contributed by atoms with Crippen molar-refractivity contribution in [3.8, 4) is 0 Å². The van der Waals surface area contributed by atoms with Gasteiger partial charge in [0, 0.05) is 6.54 Å². The zero-order valence-corrected chi connectivity index (χ0v) is 11.6. The summed E-state index contributed by atoms with van der Waals surface area (Å²) in [7, 11) is 3.78. The number of nitrogens with zero attached hydrogens (tertiary/aromatic N) is 1. The van der Waals surface area contributed by atoms with E-state index >= 15 is 0 Å². The molecule has 0 atom stereocenters. The van der Waals surface area contributed by atoms with Gasteiger partial charge >= 0.3 is 5.97 Å². The van der Waals surface area contributed by atoms with Crippen LogP contribution in [-0.4, -0.2) is 43.9 Å². The van der Waals surface area contributed by atoms with Crippen molar-refractivity contribution in [3.63, 3.8) is 0 Å². The summed E-state index contributed by atoms with van der Waals surface area (Å²) in [6, 6.07) is 9.23. The SMILES string of the molecule is CC(=O)C(=Cc1ccccc1)C(=O)OCCN(C)C. The van der Waals surface area contributed by atoms with Gasteiger partial charge in [-0.2, -0.15) is 0 Å². The summed E-state index contributed by atoms with van der Waals surface area (Å²) in [5.74, 6) is -0.864. The zero-order valence-electron chi connectivity index (χ0n) is 11.6. The molecule has 1 aromatic carbocycles. The minimum absolute atomic E-state index is 0.0740. The van der Waals surface area contributed by atoms with Gasteiger partial charge in [-0.15, -0.1) is 0 Å². The molecular weight excluding hydrogens is 242 g/mol. The smallest absolute Gasteiger partial charge is 0.341 e. The van der Waals surface area contributed by atoms with Gasteiger partial charge in [-0.05, 0) is 32.7 Å². The van der Waals surface area contributed by atoms with Crippen LogP contribution < -0.4 is 0 Å². The molecule has 0 aliphatic carbocycles. The number of hydrogen-bond donors (Lipinski definition) is 0. The van der Waals surface area contributed by atoms with Crippen LogP contribution in [0.15, 0.2) is 35.9 Å². The van der Waals surface area contributed by atoms with Crippen molar-refractivity contribution in [2.24, 2.45) is 0 Å². The highest BCUT2D eigenvalue weighted by molar-refractivity contribution is 6.19. The van der Waals surface area contributed by atoms with E-state index in [1.165, 1.54) is 6.92 Å². The van der Waals surface area contributed by atoms with Crippen LogP contribution in [0.3, 0.4) is 0 Å². The van der Waals surface area contributed by atoms with Gasteiger partial charge in [-0.3, -0.25) is 4.79 Å². The third-order valence-electron chi connectivity index (χ3n) is 2.48. The molecule has 0 radical (unpaired) electrons. The Hall–Kier alpha value is -1.94. The van der Waals surface area contributed by atoms with Gasteiger partial charge in [0.1, 0.15) is 12.2 Å². The number of carbonyl (C=O) groups excluding carboxylic acids is 2. The number of likely N-dealkylation sites (N-methyl/N-ethyl adjacent to an activating group) is 1. The van der Waals surface area contributed by atoms with E-state index in [-0.39, 0.29) is 18.0 Å². The Balaban J connectivity index is 2.75. The molecule has 1 rings (SSSR count). The predicted molar refractivity (Wildman–Crippen MR) is 74.6 cm³/mol. The molecular formula is C15H19NO3. The Labute approximate surface area is 113 Å². The van der Waals surface area contributed by atoms with Crippen molar-refractivity contribution >= 4 is 17.8 Å². The fourth-order valence-electron chi connectivity index (χ4n) is 1.42. The molecule has 0 N–H and O–H groups in total. The Kier molecular flexibility index (Phi) is 5.96. The van der Waals surface area contributed by atoms with Gasteiger partial charge in [-0.25, -0.2) is 4.79 Å². The van der Waals surface area contributed by atoms with Gasteiger partial charge in [0.05, 0.1) is 0 Å². The first-order valence-electron chi connectivity index (χ1n) is 6.10. The maximum Gasteiger partial charge on any atom is 0.341 e. The van der Waals surface area contributed by atoms with Crippen LogP contribution in [0.5, 0.6) is 0 Å². The molecule has 0 aromatic heterocycles. The van der Waals surface area contributed by atoms with E-state index in [4.69, 9.17) is 4.74 Å². The van der Waals surface area contributed by atoms with Crippen LogP contribution >= 0.6 is 0 Å². The number of benzene rings is 1. The standard InChI is InChI=1S/C15H19NO3/c1-12(17)14(11-13-7-5-4-6-8-13)15(18)19-10-9-16(2)3/h4-8,11H,9-10H2,1-3H3. The highest BCUT2D eigenvalue weighted by Crippen LogP contribution is 2.09. The summed E-state index contributed by atoms with van der Waals surface area (Å²) in [5.41, 5.74) is 0.877. The lowest BCUT2D eigenvalue weighted by Gasteiger charge is -2.10. The lowest BCUT2D eigenvalue weighted by atomic mass is 10.1. The first kappa shape index (κ1) is 15.1. The van der Waals surface area contributed by atoms with Crippen molar-refractivity contribution in [3.05, 3.63) is 41.5 Å². The van der Waals surface area contributed by atoms with Crippen molar-refractivity contribution in [2.75, 3.05) is 27.2 Å². The molecule has 1 aromatic rings. The average molecular weight is 261 g/mol. The Morgan fingerprint density at radius 3 is 2.37 bits per heavy atom. The van der Waals surface area contributed by atoms with E-state index in [1.807, 2.05) is 49.3 Å². The minimum atomic E-state index is -0.571. The van der Waals surface area contributed by atoms with Gasteiger partial charge in [0.25, 0.3) is 0 Å². The molecule has 0 bridgehead atoms. The van der Waals surface area contributed by atoms with Crippen LogP contribution in [-0.2, 0) is 14.3 Å². The number of ketones is 1. The average Bonchev–Trinajstić information content (AvgIpc) is 2.36. The third-order valence-corrected chi connectivity index (χ3v) is 2.48. The van der Waals surface area contributed by atoms with Gasteiger partial charge in [-0.1, -0.05) is 30.3 Å². The number of Topliss-reactive ketones (excluding diaryl/α,β-unsaturated/α-hetero) is 1. The van der Waals surface area contributed by atoms with E-state index in [2.05, 4.69) is 0 Å². The normalized spacial score (nSPS) is 11.5. The molecule has 0 spiro atoms. The number of esters is 1. The minimum Gasteiger partial charge on any atom is -0.461 e. The molecule has 0 heterocycles. The van der Waals surface area contributed by atoms with E-state index < -0.39 is 5.97 Å². The molecule has 0 unspecified atom stereocenters. The van der Waals surface area contributed by atoms with Crippen molar-refractivity contribution in [1.82, 2.24) is 4.90 Å². The van der Waals surface area contributed by atoms with Crippen LogP contribution in [0.1, 0.15) is 12.5 Å². The lowest BCUT2D eigenvalue weighted by molar-refractivity contribution is -0.140. The van der Waals surface area contributed by atoms with Gasteiger partial charge in [0.15, 0.2) is 5.78 Å². The number of rotatable bonds is 6. The van der Waals surface area contributed by atoms with Crippen LogP contribution in [0.2, 0.25) is 0 Å². The molecule has 0 aliphatic rings. The highest BCUT2D eigenvalue weighted by atomic mass is 16.5. The zero-order chi connectivity index (χ0) is 14.3. The topological polar surface area (TPSA) is 46.6 Å². The van der Waals surface area contributed by atoms with Crippen molar-refractivity contribution < 1.29 is 14.3 Å². The summed E-state index contributed by atoms with van der Waals surface area (Å²) >= 11 is 0. The Morgan fingerprint density at radius 2 is 1.84 bits per heavy atom. The monoisotopic (exact) mass is 261 g/mol. The molecule has 19 heavy (non-hydrogen) atoms. The summed E-state index contributed by atoms with van der Waals surface area (Å²) in [4.78, 5) is 25.3. The Morgan fingerprint density at radius 1 is 1.21 bits per heavy atom. The number of hydrogen-bond acceptors (Lipinski definition) is 4. The molecule has 0 saturated carbocycles. The first-order chi connectivity index (χ1) is 9.00. The van der Waals surface area contributed by atoms with Crippen LogP contribution in [0.4, 0.5) is 0 Å². The predicted octanol–water partition coefficient (Wildman–Crippen LogP) is 1.76. The summed E-state index contributed by atoms with van der Waals surface area (Å²) in [5, 5.41) is 0. The first-order valence-corrected chi connectivity index (χ1v) is 6.10. The summed E-state index contributed by atoms with van der Waals surface area (Å²) < 4.78 is 5.08. The van der Waals surface area contributed by atoms with E-state index in [9.17, 15) is 9.59 Å². The second kappa shape index (κ2) is 7.48. The molecule has 0 fully saturated rings. The van der Waals surface area contributed by atoms with Crippen molar-refractivity contribution in [2.45, 2.75) is 6.92 Å². The van der Waals surface area contributed by atoms with Crippen molar-refractivity contribution in [1.29, 1.82) is 0 Å². The van der Waals surface area contributed by atoms with Gasteiger partial charge in [0.2, 0.25) is 0 Å². The number of ether oxygens (including phenoxy) is 1. The molecule has 0 aliphatic heterocycles. The highest BCUT2D eigenvalue weighted by Gasteiger charge is 2.15. The number of carbonyl (C=O) groups is 2. The molecule has 4 heteroatoms. The maximum atomic E-state index is 11.8. The molecule has 0 amide bonds. The molecule has 0 saturated heterocycles. The van der Waals surface area contributed by atoms with E-state index in [0.717, 1.165) is 5.56 Å². The van der Waals surface area contributed by atoms with Crippen LogP contribution in [0, 0.1) is 0 Å². The summed E-state index contributed by atoms with van der Waals surface area (Å²) in [6.07, 6.45) is 1.56. The maximum absolute atomic E-state index is 11.8. The lowest BCUT2D eigenvalue weighted by Crippen LogP contribution is -2.22. The third kappa shape index (κ3) is 5.48. The van der Waals surface area contributed by atoms with Gasteiger partial charge < -0.3 is 9.64 Å². The second-order valence-electron chi connectivity index (χ2n) is 4.46. The largest absolute Gasteiger partial charge is 0.461 e. The van der Waals surface area contributed by atoms with E-state index in [0.29, 0.717) is 6.54 Å².